The van der Waals surface area contributed by atoms with E-state index in [0.717, 1.165) is 25.2 Å². The lowest BCUT2D eigenvalue weighted by Crippen LogP contribution is -2.48. The Morgan fingerprint density at radius 1 is 1.21 bits per heavy atom. The maximum Gasteiger partial charge on any atom is 0.185 e. The van der Waals surface area contributed by atoms with Crippen molar-refractivity contribution in [3.63, 3.8) is 0 Å². The van der Waals surface area contributed by atoms with Gasteiger partial charge in [0.2, 0.25) is 0 Å². The number of nitrogens with zero attached hydrogens (tertiary/aromatic N) is 4. The minimum absolute atomic E-state index is 0.0711. The number of ketones is 1. The fraction of sp³-hybridized carbons (Fsp3) is 0.346. The third-order valence-electron chi connectivity index (χ3n) is 6.02. The molecule has 0 bridgehead atoms. The van der Waals surface area contributed by atoms with Gasteiger partial charge in [-0.1, -0.05) is 55.5 Å². The molecule has 170 valence electrons. The Morgan fingerprint density at radius 2 is 1.94 bits per heavy atom. The molecule has 1 saturated heterocycles. The van der Waals surface area contributed by atoms with Crippen LogP contribution in [0.3, 0.4) is 0 Å². The molecule has 7 heteroatoms. The summed E-state index contributed by atoms with van der Waals surface area (Å²) >= 11 is 6.31. The van der Waals surface area contributed by atoms with Crippen LogP contribution in [-0.4, -0.2) is 45.1 Å². The van der Waals surface area contributed by atoms with Crippen molar-refractivity contribution in [1.82, 2.24) is 19.7 Å². The quantitative estimate of drug-likeness (QED) is 0.372. The van der Waals surface area contributed by atoms with Gasteiger partial charge in [-0.25, -0.2) is 4.39 Å². The lowest BCUT2D eigenvalue weighted by atomic mass is 9.96. The first-order chi connectivity index (χ1) is 16.0. The molecule has 3 aromatic rings. The van der Waals surface area contributed by atoms with Crippen molar-refractivity contribution in [3.05, 3.63) is 82.1 Å². The maximum absolute atomic E-state index is 14.6. The van der Waals surface area contributed by atoms with E-state index in [4.69, 9.17) is 11.6 Å². The highest BCUT2D eigenvalue weighted by Gasteiger charge is 2.32. The number of aromatic nitrogens is 3. The Bertz CT molecular complexity index is 1190. The second-order valence-electron chi connectivity index (χ2n) is 8.36. The molecule has 1 fully saturated rings. The van der Waals surface area contributed by atoms with E-state index < -0.39 is 5.82 Å². The fourth-order valence-electron chi connectivity index (χ4n) is 3.91. The topological polar surface area (TPSA) is 51.0 Å². The van der Waals surface area contributed by atoms with Gasteiger partial charge in [-0.05, 0) is 37.6 Å². The van der Waals surface area contributed by atoms with Crippen LogP contribution in [0.1, 0.15) is 53.6 Å². The monoisotopic (exact) mass is 464 g/mol. The number of aryl methyl sites for hydroxylation is 1. The van der Waals surface area contributed by atoms with Crippen LogP contribution in [0, 0.1) is 23.6 Å². The van der Waals surface area contributed by atoms with Crippen molar-refractivity contribution >= 4 is 17.4 Å². The molecule has 0 aliphatic carbocycles. The summed E-state index contributed by atoms with van der Waals surface area (Å²) in [7, 11) is 0. The summed E-state index contributed by atoms with van der Waals surface area (Å²) in [5.41, 5.74) is 2.15. The summed E-state index contributed by atoms with van der Waals surface area (Å²) < 4.78 is 16.4. The average molecular weight is 465 g/mol. The number of rotatable bonds is 7. The Kier molecular flexibility index (Phi) is 7.22. The molecule has 0 amide bonds. The van der Waals surface area contributed by atoms with Gasteiger partial charge in [0.05, 0.1) is 23.0 Å². The first-order valence-corrected chi connectivity index (χ1v) is 11.5. The summed E-state index contributed by atoms with van der Waals surface area (Å²) in [4.78, 5) is 19.7. The first kappa shape index (κ1) is 23.2. The van der Waals surface area contributed by atoms with Crippen LogP contribution in [0.4, 0.5) is 4.39 Å². The third-order valence-corrected chi connectivity index (χ3v) is 6.30. The van der Waals surface area contributed by atoms with E-state index in [1.807, 2.05) is 37.3 Å². The number of likely N-dealkylation sites (tertiary alicyclic amines) is 1. The van der Waals surface area contributed by atoms with Crippen LogP contribution in [-0.2, 0) is 6.42 Å². The number of carbonyl (C=O) groups excluding carboxylic acids is 1. The van der Waals surface area contributed by atoms with Crippen LogP contribution in [0.5, 0.6) is 0 Å². The molecular weight excluding hydrogens is 439 g/mol. The highest BCUT2D eigenvalue weighted by atomic mass is 35.5. The SMILES string of the molecule is CCN1CC(n2ncc(Cl)c2C(=O)C(C)CCc2ncc(C#Cc3ccccc3)cc2F)C1. The summed E-state index contributed by atoms with van der Waals surface area (Å²) in [5.74, 6) is 5.12. The van der Waals surface area contributed by atoms with E-state index in [2.05, 4.69) is 33.7 Å². The highest BCUT2D eigenvalue weighted by molar-refractivity contribution is 6.33. The maximum atomic E-state index is 14.6. The first-order valence-electron chi connectivity index (χ1n) is 11.2. The van der Waals surface area contributed by atoms with Crippen molar-refractivity contribution in [2.75, 3.05) is 19.6 Å². The van der Waals surface area contributed by atoms with E-state index in [1.54, 1.807) is 10.9 Å². The molecule has 0 spiro atoms. The molecule has 4 rings (SSSR count). The second kappa shape index (κ2) is 10.3. The molecule has 0 radical (unpaired) electrons. The van der Waals surface area contributed by atoms with Crippen LogP contribution in [0.15, 0.2) is 48.8 Å². The average Bonchev–Trinajstić information content (AvgIpc) is 3.17. The summed E-state index contributed by atoms with van der Waals surface area (Å²) in [6, 6.07) is 11.1. The van der Waals surface area contributed by atoms with Crippen LogP contribution in [0.2, 0.25) is 5.02 Å². The molecule has 0 saturated carbocycles. The van der Waals surface area contributed by atoms with E-state index in [9.17, 15) is 9.18 Å². The van der Waals surface area contributed by atoms with Gasteiger partial charge in [0, 0.05) is 36.3 Å². The molecule has 1 atom stereocenters. The molecule has 2 aromatic heterocycles. The number of hydrogen-bond donors (Lipinski definition) is 0. The minimum atomic E-state index is -0.410. The van der Waals surface area contributed by atoms with Crippen molar-refractivity contribution in [2.45, 2.75) is 32.7 Å². The van der Waals surface area contributed by atoms with Gasteiger partial charge in [0.1, 0.15) is 11.5 Å². The molecule has 3 heterocycles. The van der Waals surface area contributed by atoms with Crippen molar-refractivity contribution in [3.8, 4) is 11.8 Å². The zero-order chi connectivity index (χ0) is 23.4. The lowest BCUT2D eigenvalue weighted by molar-refractivity contribution is 0.0848. The predicted octanol–water partition coefficient (Wildman–Crippen LogP) is 4.80. The Hall–Kier alpha value is -3.01. The molecule has 1 aromatic carbocycles. The molecule has 1 unspecified atom stereocenters. The van der Waals surface area contributed by atoms with Crippen LogP contribution in [0.25, 0.3) is 0 Å². The van der Waals surface area contributed by atoms with Gasteiger partial charge in [0.15, 0.2) is 5.78 Å². The van der Waals surface area contributed by atoms with Gasteiger partial charge in [-0.15, -0.1) is 0 Å². The Labute approximate surface area is 198 Å². The van der Waals surface area contributed by atoms with Gasteiger partial charge >= 0.3 is 0 Å². The number of carbonyl (C=O) groups is 1. The highest BCUT2D eigenvalue weighted by Crippen LogP contribution is 2.28. The molecule has 33 heavy (non-hydrogen) atoms. The number of likely N-dealkylation sites (N-methyl/N-ethyl adjacent to an activating group) is 1. The standard InChI is InChI=1S/C26H26ClFN4O/c1-3-31-16-21(17-31)32-25(22(27)15-30-32)26(33)18(2)9-12-24-23(28)13-20(14-29-24)11-10-19-7-5-4-6-8-19/h4-8,13-15,18,21H,3,9,12,16-17H2,1-2H3. The largest absolute Gasteiger partial charge is 0.299 e. The summed E-state index contributed by atoms with van der Waals surface area (Å²) in [6.07, 6.45) is 3.92. The van der Waals surface area contributed by atoms with Gasteiger partial charge in [0.25, 0.3) is 0 Å². The Morgan fingerprint density at radius 3 is 2.64 bits per heavy atom. The third kappa shape index (κ3) is 5.32. The van der Waals surface area contributed by atoms with Crippen LogP contribution < -0.4 is 0 Å². The molecule has 5 nitrogen and oxygen atoms in total. The Balaban J connectivity index is 1.39. The molecule has 1 aliphatic rings. The number of halogens is 2. The smallest absolute Gasteiger partial charge is 0.185 e. The van der Waals surface area contributed by atoms with Gasteiger partial charge in [-0.3, -0.25) is 19.4 Å². The predicted molar refractivity (Wildman–Crippen MR) is 127 cm³/mol. The van der Waals surface area contributed by atoms with Gasteiger partial charge in [-0.2, -0.15) is 5.10 Å². The molecule has 1 aliphatic heterocycles. The number of Topliss-reactive ketones (excluding diaryl/α,β-unsaturated/α-hetero) is 1. The molecular formula is C26H26ClFN4O. The summed E-state index contributed by atoms with van der Waals surface area (Å²) in [5, 5.41) is 4.71. The second-order valence-corrected chi connectivity index (χ2v) is 8.77. The van der Waals surface area contributed by atoms with Crippen LogP contribution >= 0.6 is 11.6 Å². The number of benzene rings is 1. The minimum Gasteiger partial charge on any atom is -0.299 e. The summed E-state index contributed by atoms with van der Waals surface area (Å²) in [6.45, 7) is 6.64. The zero-order valence-corrected chi connectivity index (χ0v) is 19.5. The number of hydrogen-bond acceptors (Lipinski definition) is 4. The van der Waals surface area contributed by atoms with Gasteiger partial charge < -0.3 is 0 Å². The normalized spacial score (nSPS) is 14.9. The van der Waals surface area contributed by atoms with E-state index in [-0.39, 0.29) is 17.7 Å². The number of pyridine rings is 1. The van der Waals surface area contributed by atoms with Crippen molar-refractivity contribution < 1.29 is 9.18 Å². The van der Waals surface area contributed by atoms with E-state index in [0.29, 0.717) is 34.8 Å². The lowest BCUT2D eigenvalue weighted by Gasteiger charge is -2.39. The van der Waals surface area contributed by atoms with Crippen molar-refractivity contribution in [1.29, 1.82) is 0 Å². The van der Waals surface area contributed by atoms with E-state index in [1.165, 1.54) is 12.3 Å². The van der Waals surface area contributed by atoms with Crippen molar-refractivity contribution in [2.24, 2.45) is 5.92 Å². The molecule has 0 N–H and O–H groups in total. The van der Waals surface area contributed by atoms with E-state index >= 15 is 0 Å². The zero-order valence-electron chi connectivity index (χ0n) is 18.8. The fourth-order valence-corrected chi connectivity index (χ4v) is 4.13.